The highest BCUT2D eigenvalue weighted by atomic mass is 16.6. The fraction of sp³-hybridized carbons (Fsp3) is 0.125. The van der Waals surface area contributed by atoms with Gasteiger partial charge >= 0.3 is 6.09 Å². The monoisotopic (exact) mass is 211 g/mol. The van der Waals surface area contributed by atoms with Crippen LogP contribution in [0.3, 0.4) is 0 Å². The number of benzene rings is 1. The van der Waals surface area contributed by atoms with E-state index in [0.29, 0.717) is 5.56 Å². The van der Waals surface area contributed by atoms with Gasteiger partial charge in [0.1, 0.15) is 5.69 Å². The number of nitro benzene ring substituents is 1. The summed E-state index contributed by atoms with van der Waals surface area (Å²) in [6, 6.07) is 4.46. The SMILES string of the molecule is Cc1cccc([N+](=O)[O-])c1NNC(=O)O. The highest BCUT2D eigenvalue weighted by Gasteiger charge is 2.15. The van der Waals surface area contributed by atoms with E-state index in [4.69, 9.17) is 5.11 Å². The van der Waals surface area contributed by atoms with Gasteiger partial charge in [-0.2, -0.15) is 0 Å². The molecule has 15 heavy (non-hydrogen) atoms. The second-order valence-electron chi connectivity index (χ2n) is 2.78. The first kappa shape index (κ1) is 10.8. The van der Waals surface area contributed by atoms with Crippen LogP contribution in [0.5, 0.6) is 0 Å². The molecule has 7 heteroatoms. The largest absolute Gasteiger partial charge is 0.464 e. The summed E-state index contributed by atoms with van der Waals surface area (Å²) in [6.45, 7) is 1.64. The van der Waals surface area contributed by atoms with E-state index in [1.165, 1.54) is 12.1 Å². The predicted molar refractivity (Wildman–Crippen MR) is 52.6 cm³/mol. The molecule has 0 atom stereocenters. The Kier molecular flexibility index (Phi) is 3.06. The molecule has 1 amide bonds. The molecule has 0 radical (unpaired) electrons. The van der Waals surface area contributed by atoms with E-state index in [1.807, 2.05) is 5.43 Å². The van der Waals surface area contributed by atoms with Crippen molar-refractivity contribution in [2.75, 3.05) is 5.43 Å². The number of carboxylic acid groups (broad SMARTS) is 1. The molecule has 1 aromatic rings. The van der Waals surface area contributed by atoms with Crippen LogP contribution in [-0.4, -0.2) is 16.1 Å². The highest BCUT2D eigenvalue weighted by Crippen LogP contribution is 2.26. The molecule has 1 aromatic carbocycles. The molecule has 0 aliphatic carbocycles. The third-order valence-corrected chi connectivity index (χ3v) is 1.74. The van der Waals surface area contributed by atoms with Crippen molar-refractivity contribution in [3.05, 3.63) is 33.9 Å². The number of rotatable bonds is 3. The number of hydrazine groups is 1. The maximum absolute atomic E-state index is 10.6. The Morgan fingerprint density at radius 1 is 1.53 bits per heavy atom. The summed E-state index contributed by atoms with van der Waals surface area (Å²) >= 11 is 0. The number of nitrogens with zero attached hydrogens (tertiary/aromatic N) is 1. The molecule has 0 aromatic heterocycles. The van der Waals surface area contributed by atoms with E-state index in [-0.39, 0.29) is 11.4 Å². The van der Waals surface area contributed by atoms with Gasteiger partial charge < -0.3 is 5.11 Å². The fourth-order valence-electron chi connectivity index (χ4n) is 1.08. The van der Waals surface area contributed by atoms with Crippen molar-refractivity contribution in [2.45, 2.75) is 6.92 Å². The van der Waals surface area contributed by atoms with Gasteiger partial charge in [-0.1, -0.05) is 12.1 Å². The zero-order chi connectivity index (χ0) is 11.4. The van der Waals surface area contributed by atoms with Gasteiger partial charge in [-0.25, -0.2) is 10.2 Å². The minimum atomic E-state index is -1.31. The number of para-hydroxylation sites is 1. The van der Waals surface area contributed by atoms with Crippen molar-refractivity contribution >= 4 is 17.5 Å². The van der Waals surface area contributed by atoms with Crippen LogP contribution in [0.1, 0.15) is 5.56 Å². The molecule has 0 unspecified atom stereocenters. The zero-order valence-corrected chi connectivity index (χ0v) is 7.85. The first-order chi connectivity index (χ1) is 7.02. The number of nitrogens with one attached hydrogen (secondary N) is 2. The average molecular weight is 211 g/mol. The smallest absolute Gasteiger partial charge is 0.423 e. The number of hydrogen-bond acceptors (Lipinski definition) is 4. The topological polar surface area (TPSA) is 105 Å². The molecule has 0 bridgehead atoms. The molecule has 0 spiro atoms. The molecule has 80 valence electrons. The normalized spacial score (nSPS) is 9.40. The van der Waals surface area contributed by atoms with Crippen molar-refractivity contribution < 1.29 is 14.8 Å². The van der Waals surface area contributed by atoms with E-state index in [2.05, 4.69) is 5.43 Å². The third kappa shape index (κ3) is 2.56. The third-order valence-electron chi connectivity index (χ3n) is 1.74. The Hall–Kier alpha value is -2.31. The quantitative estimate of drug-likeness (QED) is 0.519. The van der Waals surface area contributed by atoms with Crippen LogP contribution in [0.4, 0.5) is 16.2 Å². The maximum Gasteiger partial charge on any atom is 0.423 e. The van der Waals surface area contributed by atoms with Crippen LogP contribution in [0.2, 0.25) is 0 Å². The number of hydrogen-bond donors (Lipinski definition) is 3. The van der Waals surface area contributed by atoms with Gasteiger partial charge in [-0.05, 0) is 12.5 Å². The van der Waals surface area contributed by atoms with E-state index in [0.717, 1.165) is 0 Å². The Labute approximate surface area is 84.8 Å². The van der Waals surface area contributed by atoms with Gasteiger partial charge in [-0.3, -0.25) is 15.5 Å². The van der Waals surface area contributed by atoms with Crippen LogP contribution in [0.15, 0.2) is 18.2 Å². The number of amides is 1. The van der Waals surface area contributed by atoms with Gasteiger partial charge in [0.2, 0.25) is 0 Å². The maximum atomic E-state index is 10.6. The lowest BCUT2D eigenvalue weighted by Gasteiger charge is -2.08. The number of anilines is 1. The molecule has 0 aliphatic heterocycles. The molecular weight excluding hydrogens is 202 g/mol. The van der Waals surface area contributed by atoms with E-state index < -0.39 is 11.0 Å². The Balaban J connectivity index is 3.02. The summed E-state index contributed by atoms with van der Waals surface area (Å²) in [5.74, 6) is 0. The number of nitro groups is 1. The molecule has 1 rings (SSSR count). The molecule has 3 N–H and O–H groups in total. The van der Waals surface area contributed by atoms with Crippen molar-refractivity contribution in [2.24, 2.45) is 0 Å². The van der Waals surface area contributed by atoms with Gasteiger partial charge in [0.15, 0.2) is 0 Å². The summed E-state index contributed by atoms with van der Waals surface area (Å²) < 4.78 is 0. The van der Waals surface area contributed by atoms with Crippen LogP contribution < -0.4 is 10.9 Å². The lowest BCUT2D eigenvalue weighted by Crippen LogP contribution is -2.28. The van der Waals surface area contributed by atoms with Crippen LogP contribution >= 0.6 is 0 Å². The van der Waals surface area contributed by atoms with Gasteiger partial charge in [0.25, 0.3) is 5.69 Å². The van der Waals surface area contributed by atoms with Gasteiger partial charge in [0.05, 0.1) is 4.92 Å². The molecule has 0 saturated heterocycles. The highest BCUT2D eigenvalue weighted by molar-refractivity contribution is 5.71. The summed E-state index contributed by atoms with van der Waals surface area (Å²) in [5.41, 5.74) is 4.68. The van der Waals surface area contributed by atoms with Crippen molar-refractivity contribution in [1.82, 2.24) is 5.43 Å². The first-order valence-electron chi connectivity index (χ1n) is 4.01. The molecule has 0 heterocycles. The lowest BCUT2D eigenvalue weighted by molar-refractivity contribution is -0.384. The lowest BCUT2D eigenvalue weighted by atomic mass is 10.2. The van der Waals surface area contributed by atoms with E-state index in [9.17, 15) is 14.9 Å². The Morgan fingerprint density at radius 3 is 2.73 bits per heavy atom. The average Bonchev–Trinajstić information content (AvgIpc) is 2.15. The Morgan fingerprint density at radius 2 is 2.20 bits per heavy atom. The first-order valence-corrected chi connectivity index (χ1v) is 4.01. The standard InChI is InChI=1S/C8H9N3O4/c1-5-3-2-4-6(11(14)15)7(5)9-10-8(12)13/h2-4,9-10H,1H3,(H,12,13). The van der Waals surface area contributed by atoms with Crippen molar-refractivity contribution in [3.63, 3.8) is 0 Å². The summed E-state index contributed by atoms with van der Waals surface area (Å²) in [4.78, 5) is 20.2. The van der Waals surface area contributed by atoms with Gasteiger partial charge in [-0.15, -0.1) is 0 Å². The molecule has 0 aliphatic rings. The molecular formula is C8H9N3O4. The van der Waals surface area contributed by atoms with E-state index in [1.54, 1.807) is 13.0 Å². The fourth-order valence-corrected chi connectivity index (χ4v) is 1.08. The predicted octanol–water partition coefficient (Wildman–Crippen LogP) is 1.50. The van der Waals surface area contributed by atoms with Crippen LogP contribution in [-0.2, 0) is 0 Å². The van der Waals surface area contributed by atoms with Crippen molar-refractivity contribution in [3.8, 4) is 0 Å². The summed E-state index contributed by atoms with van der Waals surface area (Å²) in [7, 11) is 0. The molecule has 0 fully saturated rings. The second-order valence-corrected chi connectivity index (χ2v) is 2.78. The summed E-state index contributed by atoms with van der Waals surface area (Å²) in [6.07, 6.45) is -1.31. The summed E-state index contributed by atoms with van der Waals surface area (Å²) in [5, 5.41) is 19.0. The minimum Gasteiger partial charge on any atom is -0.464 e. The van der Waals surface area contributed by atoms with Crippen LogP contribution in [0.25, 0.3) is 0 Å². The van der Waals surface area contributed by atoms with Crippen molar-refractivity contribution in [1.29, 1.82) is 0 Å². The zero-order valence-electron chi connectivity index (χ0n) is 7.85. The molecule has 0 saturated carbocycles. The Bertz CT molecular complexity index is 405. The number of carbonyl (C=O) groups is 1. The number of aryl methyl sites for hydroxylation is 1. The molecule has 7 nitrogen and oxygen atoms in total. The van der Waals surface area contributed by atoms with E-state index >= 15 is 0 Å². The van der Waals surface area contributed by atoms with Crippen LogP contribution in [0, 0.1) is 17.0 Å². The second kappa shape index (κ2) is 4.27. The van der Waals surface area contributed by atoms with Gasteiger partial charge in [0, 0.05) is 6.07 Å². The minimum absolute atomic E-state index is 0.143.